The number of hydrogen-bond donors (Lipinski definition) is 0. The summed E-state index contributed by atoms with van der Waals surface area (Å²) in [5.74, 6) is 2.00. The van der Waals surface area contributed by atoms with E-state index in [1.807, 2.05) is 21.6 Å². The lowest BCUT2D eigenvalue weighted by atomic mass is 10.1. The van der Waals surface area contributed by atoms with Crippen molar-refractivity contribution in [3.63, 3.8) is 0 Å². The molecule has 0 bridgehead atoms. The molecule has 0 fully saturated rings. The van der Waals surface area contributed by atoms with Gasteiger partial charge >= 0.3 is 0 Å². The van der Waals surface area contributed by atoms with Crippen LogP contribution in [0, 0.1) is 5.92 Å². The molecule has 1 heterocycles. The minimum atomic E-state index is 0.762. The maximum absolute atomic E-state index is 2.27. The first-order valence-corrected chi connectivity index (χ1v) is 5.16. The van der Waals surface area contributed by atoms with E-state index < -0.39 is 0 Å². The molecule has 2 heteroatoms. The Morgan fingerprint density at radius 2 is 2.38 bits per heavy atom. The fourth-order valence-corrected chi connectivity index (χ4v) is 3.00. The minimum Gasteiger partial charge on any atom is -0.0851 e. The molecule has 8 heavy (non-hydrogen) atoms. The Morgan fingerprint density at radius 3 is 2.62 bits per heavy atom. The Labute approximate surface area is 58.5 Å². The van der Waals surface area contributed by atoms with E-state index in [9.17, 15) is 0 Å². The predicted octanol–water partition coefficient (Wildman–Crippen LogP) is 2.92. The number of rotatable bonds is 1. The molecular formula is C6H10S2. The van der Waals surface area contributed by atoms with Crippen LogP contribution in [-0.4, -0.2) is 5.75 Å². The van der Waals surface area contributed by atoms with Gasteiger partial charge in [0.1, 0.15) is 0 Å². The molecule has 0 atom stereocenters. The maximum Gasteiger partial charge on any atom is 0.0261 e. The third-order valence-corrected chi connectivity index (χ3v) is 3.27. The first-order valence-electron chi connectivity index (χ1n) is 2.78. The van der Waals surface area contributed by atoms with Crippen molar-refractivity contribution in [2.24, 2.45) is 5.92 Å². The van der Waals surface area contributed by atoms with Gasteiger partial charge in [0.15, 0.2) is 0 Å². The maximum atomic E-state index is 2.27. The normalized spacial score (nSPS) is 19.6. The van der Waals surface area contributed by atoms with Gasteiger partial charge in [-0.25, -0.2) is 0 Å². The summed E-state index contributed by atoms with van der Waals surface area (Å²) >= 11 is 0. The zero-order chi connectivity index (χ0) is 5.98. The molecule has 0 aliphatic carbocycles. The first kappa shape index (κ1) is 6.56. The molecule has 0 N–H and O–H groups in total. The molecule has 0 saturated carbocycles. The summed E-state index contributed by atoms with van der Waals surface area (Å²) in [7, 11) is 3.80. The molecular weight excluding hydrogens is 136 g/mol. The second-order valence-electron chi connectivity index (χ2n) is 2.21. The highest BCUT2D eigenvalue weighted by molar-refractivity contribution is 8.78. The lowest BCUT2D eigenvalue weighted by Crippen LogP contribution is -1.91. The van der Waals surface area contributed by atoms with E-state index in [1.165, 1.54) is 5.75 Å². The lowest BCUT2D eigenvalue weighted by Gasteiger charge is -2.01. The summed E-state index contributed by atoms with van der Waals surface area (Å²) in [4.78, 5) is 0. The molecule has 1 aliphatic rings. The second-order valence-corrected chi connectivity index (χ2v) is 4.44. The van der Waals surface area contributed by atoms with Crippen molar-refractivity contribution in [3.8, 4) is 0 Å². The summed E-state index contributed by atoms with van der Waals surface area (Å²) in [6.07, 6.45) is 0. The van der Waals surface area contributed by atoms with Gasteiger partial charge in [-0.15, -0.1) is 0 Å². The molecule has 1 rings (SSSR count). The summed E-state index contributed by atoms with van der Waals surface area (Å²) in [5, 5.41) is 2.27. The summed E-state index contributed by atoms with van der Waals surface area (Å²) in [5.41, 5.74) is 1.60. The van der Waals surface area contributed by atoms with Gasteiger partial charge in [0, 0.05) is 5.75 Å². The lowest BCUT2D eigenvalue weighted by molar-refractivity contribution is 0.777. The fourth-order valence-electron chi connectivity index (χ4n) is 0.535. The molecule has 0 aromatic rings. The molecule has 0 aromatic carbocycles. The number of hydrogen-bond acceptors (Lipinski definition) is 2. The average molecular weight is 146 g/mol. The van der Waals surface area contributed by atoms with Crippen LogP contribution in [0.25, 0.3) is 0 Å². The molecule has 0 unspecified atom stereocenters. The molecule has 0 nitrogen and oxygen atoms in total. The highest BCUT2D eigenvalue weighted by Gasteiger charge is 2.07. The van der Waals surface area contributed by atoms with Crippen molar-refractivity contribution in [1.82, 2.24) is 0 Å². The van der Waals surface area contributed by atoms with E-state index in [1.54, 1.807) is 5.57 Å². The van der Waals surface area contributed by atoms with Crippen molar-refractivity contribution >= 4 is 21.6 Å². The van der Waals surface area contributed by atoms with Crippen LogP contribution in [0.15, 0.2) is 11.0 Å². The van der Waals surface area contributed by atoms with Gasteiger partial charge in [-0.1, -0.05) is 35.4 Å². The van der Waals surface area contributed by atoms with Crippen molar-refractivity contribution in [2.45, 2.75) is 13.8 Å². The molecule has 0 spiro atoms. The molecule has 0 aromatic heterocycles. The van der Waals surface area contributed by atoms with Gasteiger partial charge in [0.05, 0.1) is 0 Å². The van der Waals surface area contributed by atoms with Gasteiger partial charge in [-0.05, 0) is 16.9 Å². The van der Waals surface area contributed by atoms with Gasteiger partial charge in [0.25, 0.3) is 0 Å². The van der Waals surface area contributed by atoms with Crippen molar-refractivity contribution in [3.05, 3.63) is 11.0 Å². The van der Waals surface area contributed by atoms with Crippen molar-refractivity contribution in [1.29, 1.82) is 0 Å². The van der Waals surface area contributed by atoms with Crippen LogP contribution >= 0.6 is 21.6 Å². The smallest absolute Gasteiger partial charge is 0.0261 e. The van der Waals surface area contributed by atoms with Crippen molar-refractivity contribution < 1.29 is 0 Å². The molecule has 0 saturated heterocycles. The monoisotopic (exact) mass is 146 g/mol. The fraction of sp³-hybridized carbons (Fsp3) is 0.667. The summed E-state index contributed by atoms with van der Waals surface area (Å²) in [6, 6.07) is 0. The zero-order valence-corrected chi connectivity index (χ0v) is 6.81. The molecule has 0 radical (unpaired) electrons. The standard InChI is InChI=1S/C6H10S2/c1-5(2)6-3-7-8-4-6/h3,5H,4H2,1-2H3. The third kappa shape index (κ3) is 1.46. The SMILES string of the molecule is CC(C)C1=CSSC1. The van der Waals surface area contributed by atoms with E-state index in [0.29, 0.717) is 0 Å². The first-order chi connectivity index (χ1) is 3.80. The predicted molar refractivity (Wildman–Crippen MR) is 43.0 cm³/mol. The Bertz CT molecular complexity index is 105. The average Bonchev–Trinajstić information content (AvgIpc) is 2.12. The van der Waals surface area contributed by atoms with Crippen molar-refractivity contribution in [2.75, 3.05) is 5.75 Å². The quantitative estimate of drug-likeness (QED) is 0.522. The van der Waals surface area contributed by atoms with Crippen LogP contribution < -0.4 is 0 Å². The van der Waals surface area contributed by atoms with E-state index in [2.05, 4.69) is 19.3 Å². The Hall–Kier alpha value is 0.440. The van der Waals surface area contributed by atoms with E-state index in [-0.39, 0.29) is 0 Å². The molecule has 46 valence electrons. The highest BCUT2D eigenvalue weighted by Crippen LogP contribution is 2.36. The second kappa shape index (κ2) is 2.83. The van der Waals surface area contributed by atoms with Gasteiger partial charge < -0.3 is 0 Å². The highest BCUT2D eigenvalue weighted by atomic mass is 33.1. The van der Waals surface area contributed by atoms with Crippen LogP contribution in [0.1, 0.15) is 13.8 Å². The van der Waals surface area contributed by atoms with Gasteiger partial charge in [-0.2, -0.15) is 0 Å². The minimum absolute atomic E-state index is 0.762. The van der Waals surface area contributed by atoms with Crippen LogP contribution in [0.4, 0.5) is 0 Å². The van der Waals surface area contributed by atoms with Crippen LogP contribution in [0.3, 0.4) is 0 Å². The summed E-state index contributed by atoms with van der Waals surface area (Å²) < 4.78 is 0. The van der Waals surface area contributed by atoms with E-state index in [4.69, 9.17) is 0 Å². The Kier molecular flexibility index (Phi) is 2.32. The largest absolute Gasteiger partial charge is 0.0851 e. The van der Waals surface area contributed by atoms with E-state index >= 15 is 0 Å². The summed E-state index contributed by atoms with van der Waals surface area (Å²) in [6.45, 7) is 4.50. The third-order valence-electron chi connectivity index (χ3n) is 1.23. The van der Waals surface area contributed by atoms with Crippen LogP contribution in [0.2, 0.25) is 0 Å². The zero-order valence-electron chi connectivity index (χ0n) is 5.18. The topological polar surface area (TPSA) is 0 Å². The Morgan fingerprint density at radius 1 is 1.62 bits per heavy atom. The Balaban J connectivity index is 2.45. The van der Waals surface area contributed by atoms with Crippen LogP contribution in [-0.2, 0) is 0 Å². The molecule has 1 aliphatic heterocycles. The molecule has 0 amide bonds. The van der Waals surface area contributed by atoms with Gasteiger partial charge in [-0.3, -0.25) is 0 Å². The van der Waals surface area contributed by atoms with Gasteiger partial charge in [0.2, 0.25) is 0 Å². The van der Waals surface area contributed by atoms with Crippen LogP contribution in [0.5, 0.6) is 0 Å². The van der Waals surface area contributed by atoms with E-state index in [0.717, 1.165) is 5.92 Å².